The summed E-state index contributed by atoms with van der Waals surface area (Å²) in [6.07, 6.45) is 9.65. The Bertz CT molecular complexity index is 526. The SMILES string of the molecule is CC(C(=O)OC1CCCCC1)n1cccc1/C=C/C(=O)O. The van der Waals surface area contributed by atoms with E-state index < -0.39 is 12.0 Å². The van der Waals surface area contributed by atoms with Crippen LogP contribution in [0.1, 0.15) is 50.8 Å². The molecule has 0 saturated heterocycles. The quantitative estimate of drug-likeness (QED) is 0.669. The molecular formula is C16H21NO4. The summed E-state index contributed by atoms with van der Waals surface area (Å²) < 4.78 is 7.28. The Hall–Kier alpha value is -2.04. The molecule has 1 saturated carbocycles. The molecule has 1 aliphatic rings. The second-order valence-corrected chi connectivity index (χ2v) is 5.38. The maximum absolute atomic E-state index is 12.2. The molecule has 0 spiro atoms. The lowest BCUT2D eigenvalue weighted by atomic mass is 9.98. The van der Waals surface area contributed by atoms with Gasteiger partial charge < -0.3 is 14.4 Å². The fourth-order valence-corrected chi connectivity index (χ4v) is 2.62. The molecule has 5 nitrogen and oxygen atoms in total. The van der Waals surface area contributed by atoms with Gasteiger partial charge in [0, 0.05) is 18.0 Å². The van der Waals surface area contributed by atoms with E-state index in [2.05, 4.69) is 0 Å². The van der Waals surface area contributed by atoms with Crippen LogP contribution < -0.4 is 0 Å². The number of carboxylic acids is 1. The molecule has 0 aromatic carbocycles. The molecule has 1 unspecified atom stereocenters. The van der Waals surface area contributed by atoms with Crippen LogP contribution in [0, 0.1) is 0 Å². The zero-order chi connectivity index (χ0) is 15.2. The largest absolute Gasteiger partial charge is 0.478 e. The van der Waals surface area contributed by atoms with Gasteiger partial charge in [0.05, 0.1) is 0 Å². The second-order valence-electron chi connectivity index (χ2n) is 5.38. The number of esters is 1. The van der Waals surface area contributed by atoms with Gasteiger partial charge in [-0.15, -0.1) is 0 Å². The number of ether oxygens (including phenoxy) is 1. The summed E-state index contributed by atoms with van der Waals surface area (Å²) in [4.78, 5) is 22.8. The number of hydrogen-bond donors (Lipinski definition) is 1. The molecule has 1 heterocycles. The molecule has 114 valence electrons. The highest BCUT2D eigenvalue weighted by atomic mass is 16.5. The summed E-state index contributed by atoms with van der Waals surface area (Å²) >= 11 is 0. The molecule has 5 heteroatoms. The van der Waals surface area contributed by atoms with E-state index in [1.165, 1.54) is 12.5 Å². The van der Waals surface area contributed by atoms with Crippen LogP contribution >= 0.6 is 0 Å². The van der Waals surface area contributed by atoms with Gasteiger partial charge in [0.2, 0.25) is 0 Å². The predicted octanol–water partition coefficient (Wildman–Crippen LogP) is 3.02. The molecule has 1 N–H and O–H groups in total. The third kappa shape index (κ3) is 4.21. The molecule has 2 rings (SSSR count). The van der Waals surface area contributed by atoms with E-state index in [0.29, 0.717) is 5.69 Å². The standard InChI is InChI=1S/C16H21NO4/c1-12(16(20)21-14-7-3-2-4-8-14)17-11-5-6-13(17)9-10-15(18)19/h5-6,9-12,14H,2-4,7-8H2,1H3,(H,18,19)/b10-9+. The van der Waals surface area contributed by atoms with Crippen molar-refractivity contribution in [3.63, 3.8) is 0 Å². The average molecular weight is 291 g/mol. The van der Waals surface area contributed by atoms with E-state index in [9.17, 15) is 9.59 Å². The van der Waals surface area contributed by atoms with Crippen molar-refractivity contribution in [2.45, 2.75) is 51.2 Å². The fourth-order valence-electron chi connectivity index (χ4n) is 2.62. The number of carbonyl (C=O) groups excluding carboxylic acids is 1. The van der Waals surface area contributed by atoms with Crippen LogP contribution in [0.4, 0.5) is 0 Å². The molecule has 1 aromatic heterocycles. The van der Waals surface area contributed by atoms with Gasteiger partial charge in [-0.3, -0.25) is 0 Å². The maximum atomic E-state index is 12.2. The van der Waals surface area contributed by atoms with Gasteiger partial charge in [-0.05, 0) is 50.8 Å². The summed E-state index contributed by atoms with van der Waals surface area (Å²) in [5.41, 5.74) is 0.672. The smallest absolute Gasteiger partial charge is 0.329 e. The first-order valence-electron chi connectivity index (χ1n) is 7.36. The lowest BCUT2D eigenvalue weighted by molar-refractivity contribution is -0.154. The molecule has 0 bridgehead atoms. The Labute approximate surface area is 124 Å². The number of aliphatic carboxylic acids is 1. The summed E-state index contributed by atoms with van der Waals surface area (Å²) in [5, 5.41) is 8.68. The van der Waals surface area contributed by atoms with Crippen molar-refractivity contribution in [3.8, 4) is 0 Å². The fraction of sp³-hybridized carbons (Fsp3) is 0.500. The van der Waals surface area contributed by atoms with Crippen molar-refractivity contribution in [1.29, 1.82) is 0 Å². The van der Waals surface area contributed by atoms with Gasteiger partial charge in [0.15, 0.2) is 0 Å². The van der Waals surface area contributed by atoms with Crippen LogP contribution in [0.3, 0.4) is 0 Å². The molecule has 0 amide bonds. The maximum Gasteiger partial charge on any atom is 0.329 e. The van der Waals surface area contributed by atoms with E-state index in [-0.39, 0.29) is 12.1 Å². The van der Waals surface area contributed by atoms with Gasteiger partial charge in [-0.1, -0.05) is 6.42 Å². The Morgan fingerprint density at radius 3 is 2.76 bits per heavy atom. The number of aromatic nitrogens is 1. The zero-order valence-electron chi connectivity index (χ0n) is 12.2. The second kappa shape index (κ2) is 7.11. The minimum Gasteiger partial charge on any atom is -0.478 e. The molecule has 21 heavy (non-hydrogen) atoms. The molecular weight excluding hydrogens is 270 g/mol. The predicted molar refractivity (Wildman–Crippen MR) is 78.8 cm³/mol. The minimum absolute atomic E-state index is 0.0299. The highest BCUT2D eigenvalue weighted by molar-refractivity contribution is 5.85. The topological polar surface area (TPSA) is 68.5 Å². The number of carbonyl (C=O) groups is 2. The molecule has 0 radical (unpaired) electrons. The summed E-state index contributed by atoms with van der Waals surface area (Å²) in [6, 6.07) is 3.09. The molecule has 1 aromatic rings. The van der Waals surface area contributed by atoms with Gasteiger partial charge in [-0.2, -0.15) is 0 Å². The lowest BCUT2D eigenvalue weighted by Gasteiger charge is -2.24. The Morgan fingerprint density at radius 1 is 1.38 bits per heavy atom. The normalized spacial score (nSPS) is 17.8. The number of rotatable bonds is 5. The van der Waals surface area contributed by atoms with Gasteiger partial charge in [0.1, 0.15) is 12.1 Å². The average Bonchev–Trinajstić information content (AvgIpc) is 2.93. The van der Waals surface area contributed by atoms with Crippen LogP contribution in [-0.2, 0) is 14.3 Å². The highest BCUT2D eigenvalue weighted by Gasteiger charge is 2.23. The van der Waals surface area contributed by atoms with Gasteiger partial charge in [-0.25, -0.2) is 9.59 Å². The summed E-state index contributed by atoms with van der Waals surface area (Å²) in [6.45, 7) is 1.77. The van der Waals surface area contributed by atoms with Gasteiger partial charge in [0.25, 0.3) is 0 Å². The molecule has 1 fully saturated rings. The van der Waals surface area contributed by atoms with E-state index in [1.807, 2.05) is 0 Å². The first kappa shape index (κ1) is 15.4. The number of hydrogen-bond acceptors (Lipinski definition) is 3. The zero-order valence-corrected chi connectivity index (χ0v) is 12.2. The van der Waals surface area contributed by atoms with E-state index in [1.54, 1.807) is 29.8 Å². The summed E-state index contributed by atoms with van der Waals surface area (Å²) in [7, 11) is 0. The highest BCUT2D eigenvalue weighted by Crippen LogP contribution is 2.23. The van der Waals surface area contributed by atoms with Crippen LogP contribution in [0.5, 0.6) is 0 Å². The lowest BCUT2D eigenvalue weighted by Crippen LogP contribution is -2.26. The van der Waals surface area contributed by atoms with Crippen molar-refractivity contribution in [2.24, 2.45) is 0 Å². The van der Waals surface area contributed by atoms with E-state index >= 15 is 0 Å². The third-order valence-electron chi connectivity index (χ3n) is 3.80. The first-order valence-corrected chi connectivity index (χ1v) is 7.36. The third-order valence-corrected chi connectivity index (χ3v) is 3.80. The Kier molecular flexibility index (Phi) is 5.20. The van der Waals surface area contributed by atoms with Crippen molar-refractivity contribution < 1.29 is 19.4 Å². The van der Waals surface area contributed by atoms with Crippen molar-refractivity contribution >= 4 is 18.0 Å². The molecule has 1 aliphatic carbocycles. The van der Waals surface area contributed by atoms with Crippen LogP contribution in [-0.4, -0.2) is 27.7 Å². The van der Waals surface area contributed by atoms with E-state index in [0.717, 1.165) is 31.8 Å². The Balaban J connectivity index is 2.01. The van der Waals surface area contributed by atoms with E-state index in [4.69, 9.17) is 9.84 Å². The monoisotopic (exact) mass is 291 g/mol. The number of nitrogens with zero attached hydrogens (tertiary/aromatic N) is 1. The van der Waals surface area contributed by atoms with Crippen LogP contribution in [0.25, 0.3) is 6.08 Å². The van der Waals surface area contributed by atoms with Crippen LogP contribution in [0.15, 0.2) is 24.4 Å². The molecule has 0 aliphatic heterocycles. The first-order chi connectivity index (χ1) is 10.1. The van der Waals surface area contributed by atoms with Gasteiger partial charge >= 0.3 is 11.9 Å². The Morgan fingerprint density at radius 2 is 2.10 bits per heavy atom. The van der Waals surface area contributed by atoms with Crippen molar-refractivity contribution in [2.75, 3.05) is 0 Å². The number of carboxylic acid groups (broad SMARTS) is 1. The van der Waals surface area contributed by atoms with Crippen molar-refractivity contribution in [1.82, 2.24) is 4.57 Å². The molecule has 1 atom stereocenters. The minimum atomic E-state index is -1.01. The summed E-state index contributed by atoms with van der Waals surface area (Å²) in [5.74, 6) is -1.27. The van der Waals surface area contributed by atoms with Crippen LogP contribution in [0.2, 0.25) is 0 Å². The van der Waals surface area contributed by atoms with Crippen molar-refractivity contribution in [3.05, 3.63) is 30.1 Å².